The van der Waals surface area contributed by atoms with Gasteiger partial charge in [-0.05, 0) is 29.9 Å². The Kier molecular flexibility index (Phi) is 2.86. The Morgan fingerprint density at radius 2 is 2.13 bits per heavy atom. The average Bonchev–Trinajstić information content (AvgIpc) is 2.26. The number of hydrogen-bond acceptors (Lipinski definition) is 2. The van der Waals surface area contributed by atoms with Gasteiger partial charge in [-0.2, -0.15) is 0 Å². The lowest BCUT2D eigenvalue weighted by Crippen LogP contribution is -1.92. The molecule has 2 rings (SSSR count). The molecule has 0 aliphatic heterocycles. The van der Waals surface area contributed by atoms with Crippen LogP contribution in [0.4, 0.5) is 5.82 Å². The van der Waals surface area contributed by atoms with Crippen LogP contribution in [-0.4, -0.2) is 4.98 Å². The second-order valence-corrected chi connectivity index (χ2v) is 3.86. The molecule has 1 aromatic heterocycles. The Labute approximate surface area is 90.1 Å². The van der Waals surface area contributed by atoms with Gasteiger partial charge < -0.3 is 5.73 Å². The number of hydrogen-bond donors (Lipinski definition) is 1. The fourth-order valence-electron chi connectivity index (χ4n) is 1.79. The van der Waals surface area contributed by atoms with Gasteiger partial charge >= 0.3 is 0 Å². The summed E-state index contributed by atoms with van der Waals surface area (Å²) in [6.07, 6.45) is 5.39. The van der Waals surface area contributed by atoms with Crippen LogP contribution in [0, 0.1) is 0 Å². The zero-order valence-electron chi connectivity index (χ0n) is 9.03. The zero-order valence-corrected chi connectivity index (χ0v) is 9.03. The van der Waals surface area contributed by atoms with Crippen LogP contribution in [0.2, 0.25) is 0 Å². The number of aromatic nitrogens is 1. The van der Waals surface area contributed by atoms with Gasteiger partial charge in [-0.25, -0.2) is 4.98 Å². The number of aryl methyl sites for hydroxylation is 1. The number of rotatable bonds is 3. The standard InChI is InChI=1S/C13H16N2/c1-2-3-4-10-5-6-12-11(9-10)7-8-15-13(12)14/h5-9H,2-4H2,1H3,(H2,14,15). The van der Waals surface area contributed by atoms with Crippen molar-refractivity contribution in [3.05, 3.63) is 36.0 Å². The molecule has 0 spiro atoms. The van der Waals surface area contributed by atoms with Crippen LogP contribution in [0.15, 0.2) is 30.5 Å². The first-order chi connectivity index (χ1) is 7.31. The molecule has 1 heterocycles. The van der Waals surface area contributed by atoms with Crippen LogP contribution < -0.4 is 5.73 Å². The Morgan fingerprint density at radius 1 is 1.27 bits per heavy atom. The molecule has 2 N–H and O–H groups in total. The summed E-state index contributed by atoms with van der Waals surface area (Å²) in [6, 6.07) is 8.45. The molecule has 78 valence electrons. The maximum Gasteiger partial charge on any atom is 0.131 e. The fourth-order valence-corrected chi connectivity index (χ4v) is 1.79. The first-order valence-electron chi connectivity index (χ1n) is 5.44. The molecule has 1 aromatic carbocycles. The molecule has 0 radical (unpaired) electrons. The van der Waals surface area contributed by atoms with E-state index in [1.807, 2.05) is 6.07 Å². The van der Waals surface area contributed by atoms with Crippen LogP contribution in [0.25, 0.3) is 10.8 Å². The quantitative estimate of drug-likeness (QED) is 0.826. The second-order valence-electron chi connectivity index (χ2n) is 3.86. The minimum absolute atomic E-state index is 0.620. The van der Waals surface area contributed by atoms with Crippen molar-refractivity contribution in [3.8, 4) is 0 Å². The molecule has 0 saturated carbocycles. The van der Waals surface area contributed by atoms with E-state index in [9.17, 15) is 0 Å². The maximum absolute atomic E-state index is 5.80. The number of fused-ring (bicyclic) bond motifs is 1. The molecule has 0 fully saturated rings. The topological polar surface area (TPSA) is 38.9 Å². The van der Waals surface area contributed by atoms with Crippen molar-refractivity contribution >= 4 is 16.6 Å². The Hall–Kier alpha value is -1.57. The number of anilines is 1. The minimum atomic E-state index is 0.620. The molecule has 0 amide bonds. The smallest absolute Gasteiger partial charge is 0.131 e. The van der Waals surface area contributed by atoms with Crippen molar-refractivity contribution in [1.29, 1.82) is 0 Å². The second kappa shape index (κ2) is 4.30. The summed E-state index contributed by atoms with van der Waals surface area (Å²) in [7, 11) is 0. The zero-order chi connectivity index (χ0) is 10.7. The van der Waals surface area contributed by atoms with Crippen molar-refractivity contribution in [2.45, 2.75) is 26.2 Å². The van der Waals surface area contributed by atoms with Crippen molar-refractivity contribution in [2.75, 3.05) is 5.73 Å². The third-order valence-electron chi connectivity index (χ3n) is 2.68. The number of nitrogens with two attached hydrogens (primary N) is 1. The summed E-state index contributed by atoms with van der Waals surface area (Å²) < 4.78 is 0. The third kappa shape index (κ3) is 2.09. The summed E-state index contributed by atoms with van der Waals surface area (Å²) in [5.74, 6) is 0.620. The molecule has 0 atom stereocenters. The number of pyridine rings is 1. The van der Waals surface area contributed by atoms with Crippen LogP contribution in [0.1, 0.15) is 25.3 Å². The number of unbranched alkanes of at least 4 members (excludes halogenated alkanes) is 1. The predicted octanol–water partition coefficient (Wildman–Crippen LogP) is 3.16. The largest absolute Gasteiger partial charge is 0.383 e. The Morgan fingerprint density at radius 3 is 2.93 bits per heavy atom. The van der Waals surface area contributed by atoms with Gasteiger partial charge in [0.25, 0.3) is 0 Å². The summed E-state index contributed by atoms with van der Waals surface area (Å²) in [5.41, 5.74) is 7.18. The molecular weight excluding hydrogens is 184 g/mol. The van der Waals surface area contributed by atoms with E-state index in [0.29, 0.717) is 5.82 Å². The van der Waals surface area contributed by atoms with E-state index in [-0.39, 0.29) is 0 Å². The van der Waals surface area contributed by atoms with E-state index in [4.69, 9.17) is 5.73 Å². The number of nitrogen functional groups attached to an aromatic ring is 1. The summed E-state index contributed by atoms with van der Waals surface area (Å²) in [5, 5.41) is 2.24. The van der Waals surface area contributed by atoms with Crippen LogP contribution in [0.5, 0.6) is 0 Å². The summed E-state index contributed by atoms with van der Waals surface area (Å²) >= 11 is 0. The van der Waals surface area contributed by atoms with E-state index < -0.39 is 0 Å². The fraction of sp³-hybridized carbons (Fsp3) is 0.308. The van der Waals surface area contributed by atoms with Gasteiger partial charge in [0.1, 0.15) is 5.82 Å². The van der Waals surface area contributed by atoms with Crippen molar-refractivity contribution in [2.24, 2.45) is 0 Å². The third-order valence-corrected chi connectivity index (χ3v) is 2.68. The SMILES string of the molecule is CCCCc1ccc2c(N)nccc2c1. The molecule has 2 heteroatoms. The first kappa shape index (κ1) is 9.97. The molecule has 0 saturated heterocycles. The monoisotopic (exact) mass is 200 g/mol. The van der Waals surface area contributed by atoms with Gasteiger partial charge in [0.05, 0.1) is 0 Å². The van der Waals surface area contributed by atoms with Crippen molar-refractivity contribution in [3.63, 3.8) is 0 Å². The maximum atomic E-state index is 5.80. The van der Waals surface area contributed by atoms with Crippen molar-refractivity contribution < 1.29 is 0 Å². The van der Waals surface area contributed by atoms with Gasteiger partial charge in [0.2, 0.25) is 0 Å². The van der Waals surface area contributed by atoms with E-state index in [1.54, 1.807) is 6.20 Å². The summed E-state index contributed by atoms with van der Waals surface area (Å²) in [6.45, 7) is 2.21. The normalized spacial score (nSPS) is 10.7. The highest BCUT2D eigenvalue weighted by Crippen LogP contribution is 2.20. The lowest BCUT2D eigenvalue weighted by Gasteiger charge is -2.04. The van der Waals surface area contributed by atoms with Crippen LogP contribution in [0.3, 0.4) is 0 Å². The van der Waals surface area contributed by atoms with E-state index >= 15 is 0 Å². The van der Waals surface area contributed by atoms with Gasteiger partial charge in [-0.1, -0.05) is 31.5 Å². The van der Waals surface area contributed by atoms with Crippen LogP contribution >= 0.6 is 0 Å². The van der Waals surface area contributed by atoms with Crippen molar-refractivity contribution in [1.82, 2.24) is 4.98 Å². The van der Waals surface area contributed by atoms with E-state index in [2.05, 4.69) is 30.1 Å². The number of nitrogens with zero attached hydrogens (tertiary/aromatic N) is 1. The van der Waals surface area contributed by atoms with Crippen LogP contribution in [-0.2, 0) is 6.42 Å². The van der Waals surface area contributed by atoms with E-state index in [0.717, 1.165) is 11.8 Å². The van der Waals surface area contributed by atoms with E-state index in [1.165, 1.54) is 23.8 Å². The Bertz CT molecular complexity index is 463. The Balaban J connectivity index is 2.39. The van der Waals surface area contributed by atoms with Gasteiger partial charge in [-0.15, -0.1) is 0 Å². The molecule has 0 aliphatic carbocycles. The first-order valence-corrected chi connectivity index (χ1v) is 5.44. The molecule has 0 unspecified atom stereocenters. The molecule has 15 heavy (non-hydrogen) atoms. The lowest BCUT2D eigenvalue weighted by molar-refractivity contribution is 0.796. The summed E-state index contributed by atoms with van der Waals surface area (Å²) in [4.78, 5) is 4.08. The molecule has 2 aromatic rings. The highest BCUT2D eigenvalue weighted by atomic mass is 14.8. The predicted molar refractivity (Wildman–Crippen MR) is 64.8 cm³/mol. The number of benzene rings is 1. The molecular formula is C13H16N2. The average molecular weight is 200 g/mol. The molecule has 0 aliphatic rings. The van der Waals surface area contributed by atoms with Gasteiger partial charge in [-0.3, -0.25) is 0 Å². The van der Waals surface area contributed by atoms with Gasteiger partial charge in [0, 0.05) is 11.6 Å². The highest BCUT2D eigenvalue weighted by Gasteiger charge is 1.99. The molecule has 0 bridgehead atoms. The molecule has 2 nitrogen and oxygen atoms in total. The lowest BCUT2D eigenvalue weighted by atomic mass is 10.0. The highest BCUT2D eigenvalue weighted by molar-refractivity contribution is 5.91. The minimum Gasteiger partial charge on any atom is -0.383 e. The van der Waals surface area contributed by atoms with Gasteiger partial charge in [0.15, 0.2) is 0 Å².